The number of piperazine rings is 1. The van der Waals surface area contributed by atoms with Crippen LogP contribution in [0.3, 0.4) is 0 Å². The second kappa shape index (κ2) is 7.55. The number of hydrogen-bond donors (Lipinski definition) is 2. The van der Waals surface area contributed by atoms with Crippen molar-refractivity contribution in [3.8, 4) is 0 Å². The first-order chi connectivity index (χ1) is 12.6. The van der Waals surface area contributed by atoms with Crippen LogP contribution in [-0.4, -0.2) is 78.6 Å². The summed E-state index contributed by atoms with van der Waals surface area (Å²) in [5.74, 6) is 0.0597. The fourth-order valence-corrected chi connectivity index (χ4v) is 4.12. The second-order valence-electron chi connectivity index (χ2n) is 7.57. The zero-order valence-corrected chi connectivity index (χ0v) is 16.5. The molecule has 2 fully saturated rings. The molecule has 1 aromatic heterocycles. The van der Waals surface area contributed by atoms with E-state index in [9.17, 15) is 18.0 Å². The third-order valence-corrected chi connectivity index (χ3v) is 5.55. The van der Waals surface area contributed by atoms with Crippen LogP contribution < -0.4 is 10.6 Å². The molecule has 0 aromatic carbocycles. The predicted molar refractivity (Wildman–Crippen MR) is 95.6 cm³/mol. The van der Waals surface area contributed by atoms with Gasteiger partial charge in [0, 0.05) is 43.8 Å². The first-order valence-corrected chi connectivity index (χ1v) is 11.0. The Labute approximate surface area is 158 Å². The lowest BCUT2D eigenvalue weighted by molar-refractivity contribution is -0.129. The monoisotopic (exact) mass is 399 g/mol. The Balaban J connectivity index is 1.65. The molecule has 2 N–H and O–H groups in total. The summed E-state index contributed by atoms with van der Waals surface area (Å²) < 4.78 is 28.2. The minimum absolute atomic E-state index is 0.0232. The van der Waals surface area contributed by atoms with Crippen LogP contribution in [0.2, 0.25) is 0 Å². The Morgan fingerprint density at radius 2 is 2.15 bits per heavy atom. The topological polar surface area (TPSA) is 134 Å². The number of sulfone groups is 1. The summed E-state index contributed by atoms with van der Waals surface area (Å²) in [6.45, 7) is 4.87. The maximum absolute atomic E-state index is 12.2. The SMILES string of the molecule is CC(C)c1nnc(C[C@@H]2CNC(=O)[C@@H]3C[C@H](NC(=O)CS(C)(=O)=O)CN23)o1. The number of nitrogens with one attached hydrogen (secondary N) is 2. The number of rotatable bonds is 6. The van der Waals surface area contributed by atoms with Gasteiger partial charge in [-0.15, -0.1) is 10.2 Å². The molecule has 2 aliphatic rings. The lowest BCUT2D eigenvalue weighted by atomic mass is 10.1. The van der Waals surface area contributed by atoms with Crippen LogP contribution in [-0.2, 0) is 25.8 Å². The van der Waals surface area contributed by atoms with Crippen LogP contribution >= 0.6 is 0 Å². The van der Waals surface area contributed by atoms with E-state index in [2.05, 4.69) is 20.8 Å². The van der Waals surface area contributed by atoms with E-state index in [1.807, 2.05) is 18.7 Å². The van der Waals surface area contributed by atoms with Crippen LogP contribution in [0.15, 0.2) is 4.42 Å². The first kappa shape index (κ1) is 19.7. The van der Waals surface area contributed by atoms with Gasteiger partial charge in [-0.3, -0.25) is 14.5 Å². The van der Waals surface area contributed by atoms with E-state index < -0.39 is 21.5 Å². The Bertz CT molecular complexity index is 821. The van der Waals surface area contributed by atoms with Crippen molar-refractivity contribution >= 4 is 21.7 Å². The van der Waals surface area contributed by atoms with Crippen molar-refractivity contribution in [2.75, 3.05) is 25.1 Å². The van der Waals surface area contributed by atoms with Crippen LogP contribution in [0, 0.1) is 0 Å². The second-order valence-corrected chi connectivity index (χ2v) is 9.71. The predicted octanol–water partition coefficient (Wildman–Crippen LogP) is -1.16. The average molecular weight is 399 g/mol. The van der Waals surface area contributed by atoms with E-state index in [0.717, 1.165) is 6.26 Å². The highest BCUT2D eigenvalue weighted by atomic mass is 32.2. The van der Waals surface area contributed by atoms with Crippen molar-refractivity contribution in [1.82, 2.24) is 25.7 Å². The normalized spacial score (nSPS) is 26.1. The molecule has 0 spiro atoms. The molecule has 150 valence electrons. The molecule has 1 aromatic rings. The maximum atomic E-state index is 12.2. The van der Waals surface area contributed by atoms with Gasteiger partial charge in [0.1, 0.15) is 5.75 Å². The highest BCUT2D eigenvalue weighted by Gasteiger charge is 2.44. The van der Waals surface area contributed by atoms with Gasteiger partial charge in [-0.1, -0.05) is 13.8 Å². The van der Waals surface area contributed by atoms with Gasteiger partial charge in [0.15, 0.2) is 9.84 Å². The molecule has 0 bridgehead atoms. The third kappa shape index (κ3) is 4.83. The van der Waals surface area contributed by atoms with Crippen molar-refractivity contribution in [3.05, 3.63) is 11.8 Å². The molecule has 3 heterocycles. The smallest absolute Gasteiger partial charge is 0.237 e. The summed E-state index contributed by atoms with van der Waals surface area (Å²) >= 11 is 0. The van der Waals surface area contributed by atoms with E-state index in [1.54, 1.807) is 0 Å². The van der Waals surface area contributed by atoms with Crippen molar-refractivity contribution in [3.63, 3.8) is 0 Å². The number of carbonyl (C=O) groups excluding carboxylic acids is 2. The number of fused-ring (bicyclic) bond motifs is 1. The van der Waals surface area contributed by atoms with Crippen molar-refractivity contribution in [2.24, 2.45) is 0 Å². The molecule has 3 rings (SSSR count). The Morgan fingerprint density at radius 1 is 1.41 bits per heavy atom. The molecule has 2 amide bonds. The molecule has 0 saturated carbocycles. The zero-order valence-electron chi connectivity index (χ0n) is 15.6. The van der Waals surface area contributed by atoms with Crippen molar-refractivity contribution < 1.29 is 22.4 Å². The van der Waals surface area contributed by atoms with Gasteiger partial charge in [-0.25, -0.2) is 8.42 Å². The van der Waals surface area contributed by atoms with E-state index in [4.69, 9.17) is 4.42 Å². The molecule has 2 aliphatic heterocycles. The minimum atomic E-state index is -3.39. The highest BCUT2D eigenvalue weighted by molar-refractivity contribution is 7.91. The Hall–Kier alpha value is -2.01. The van der Waals surface area contributed by atoms with Gasteiger partial charge in [-0.2, -0.15) is 0 Å². The summed E-state index contributed by atoms with van der Waals surface area (Å²) in [7, 11) is -3.39. The van der Waals surface area contributed by atoms with E-state index in [-0.39, 0.29) is 30.0 Å². The molecule has 0 aliphatic carbocycles. The number of nitrogens with zero attached hydrogens (tertiary/aromatic N) is 3. The fraction of sp³-hybridized carbons (Fsp3) is 0.750. The van der Waals surface area contributed by atoms with Gasteiger partial charge < -0.3 is 15.1 Å². The van der Waals surface area contributed by atoms with Crippen molar-refractivity contribution in [2.45, 2.75) is 50.7 Å². The molecular weight excluding hydrogens is 374 g/mol. The summed E-state index contributed by atoms with van der Waals surface area (Å²) in [6.07, 6.45) is 1.96. The van der Waals surface area contributed by atoms with E-state index in [1.165, 1.54) is 0 Å². The lowest BCUT2D eigenvalue weighted by Crippen LogP contribution is -2.58. The summed E-state index contributed by atoms with van der Waals surface area (Å²) in [5, 5.41) is 13.7. The van der Waals surface area contributed by atoms with Gasteiger partial charge in [0.2, 0.25) is 23.6 Å². The molecule has 27 heavy (non-hydrogen) atoms. The highest BCUT2D eigenvalue weighted by Crippen LogP contribution is 2.26. The third-order valence-electron chi connectivity index (χ3n) is 4.77. The Morgan fingerprint density at radius 3 is 2.78 bits per heavy atom. The largest absolute Gasteiger partial charge is 0.425 e. The van der Waals surface area contributed by atoms with E-state index >= 15 is 0 Å². The van der Waals surface area contributed by atoms with Gasteiger partial charge >= 0.3 is 0 Å². The molecule has 0 unspecified atom stereocenters. The van der Waals surface area contributed by atoms with Gasteiger partial charge in [0.05, 0.1) is 6.04 Å². The zero-order chi connectivity index (χ0) is 19.8. The summed E-state index contributed by atoms with van der Waals surface area (Å²) in [4.78, 5) is 26.1. The average Bonchev–Trinajstić information content (AvgIpc) is 3.15. The number of carbonyl (C=O) groups is 2. The standard InChI is InChI=1S/C16H25N5O5S/c1-9(2)16-20-19-14(26-16)5-11-6-17-15(23)12-4-10(7-21(11)12)18-13(22)8-27(3,24)25/h9-12H,4-8H2,1-3H3,(H,17,23)(H,18,22)/t10-,11+,12-/m0/s1. The van der Waals surface area contributed by atoms with Crippen LogP contribution in [0.25, 0.3) is 0 Å². The minimum Gasteiger partial charge on any atom is -0.425 e. The number of aromatic nitrogens is 2. The van der Waals surface area contributed by atoms with E-state index in [0.29, 0.717) is 37.7 Å². The van der Waals surface area contributed by atoms with Crippen LogP contribution in [0.5, 0.6) is 0 Å². The molecule has 2 saturated heterocycles. The number of hydrogen-bond acceptors (Lipinski definition) is 8. The fourth-order valence-electron chi connectivity index (χ4n) is 3.56. The molecule has 0 radical (unpaired) electrons. The summed E-state index contributed by atoms with van der Waals surface area (Å²) in [5.41, 5.74) is 0. The number of amides is 2. The van der Waals surface area contributed by atoms with Gasteiger partial charge in [-0.05, 0) is 6.42 Å². The quantitative estimate of drug-likeness (QED) is 0.612. The Kier molecular flexibility index (Phi) is 5.52. The van der Waals surface area contributed by atoms with Crippen LogP contribution in [0.1, 0.15) is 38.0 Å². The lowest BCUT2D eigenvalue weighted by Gasteiger charge is -2.36. The molecule has 3 atom stereocenters. The van der Waals surface area contributed by atoms with Crippen molar-refractivity contribution in [1.29, 1.82) is 0 Å². The molecular formula is C16H25N5O5S. The van der Waals surface area contributed by atoms with Crippen LogP contribution in [0.4, 0.5) is 0 Å². The maximum Gasteiger partial charge on any atom is 0.237 e. The molecule has 10 nitrogen and oxygen atoms in total. The summed E-state index contributed by atoms with van der Waals surface area (Å²) in [6, 6.07) is -0.658. The molecule has 11 heteroatoms. The first-order valence-electron chi connectivity index (χ1n) is 8.95. The van der Waals surface area contributed by atoms with Gasteiger partial charge in [0.25, 0.3) is 0 Å².